The summed E-state index contributed by atoms with van der Waals surface area (Å²) in [4.78, 5) is 19.3. The van der Waals surface area contributed by atoms with E-state index >= 15 is 0 Å². The molecule has 1 saturated carbocycles. The molecule has 1 aromatic heterocycles. The molecule has 0 unspecified atom stereocenters. The van der Waals surface area contributed by atoms with Gasteiger partial charge in [-0.05, 0) is 68.5 Å². The van der Waals surface area contributed by atoms with Gasteiger partial charge in [-0.25, -0.2) is 4.98 Å². The highest BCUT2D eigenvalue weighted by Crippen LogP contribution is 2.23. The van der Waals surface area contributed by atoms with E-state index in [-0.39, 0.29) is 5.91 Å². The predicted octanol–water partition coefficient (Wildman–Crippen LogP) is 5.07. The number of nitrogens with one attached hydrogen (secondary N) is 2. The molecule has 1 aliphatic carbocycles. The largest absolute Gasteiger partial charge is 0.381 e. The minimum absolute atomic E-state index is 0.171. The highest BCUT2D eigenvalue weighted by Gasteiger charge is 2.14. The van der Waals surface area contributed by atoms with Gasteiger partial charge < -0.3 is 15.5 Å². The van der Waals surface area contributed by atoms with Crippen LogP contribution in [0.2, 0.25) is 0 Å². The molecule has 1 amide bonds. The minimum atomic E-state index is -0.171. The van der Waals surface area contributed by atoms with Crippen LogP contribution < -0.4 is 15.5 Å². The van der Waals surface area contributed by atoms with E-state index in [1.54, 1.807) is 12.3 Å². The smallest absolute Gasteiger partial charge is 0.274 e. The average Bonchev–Trinajstić information content (AvgIpc) is 2.76. The first kappa shape index (κ1) is 18.8. The van der Waals surface area contributed by atoms with E-state index in [1.165, 1.54) is 57.1 Å². The van der Waals surface area contributed by atoms with Crippen LogP contribution in [0.1, 0.15) is 61.9 Å². The molecule has 148 valence electrons. The van der Waals surface area contributed by atoms with Gasteiger partial charge >= 0.3 is 0 Å². The summed E-state index contributed by atoms with van der Waals surface area (Å²) < 4.78 is 0. The number of carbonyl (C=O) groups is 1. The highest BCUT2D eigenvalue weighted by molar-refractivity contribution is 6.03. The molecular weight excluding hydrogens is 348 g/mol. The lowest BCUT2D eigenvalue weighted by Gasteiger charge is -2.28. The second-order valence-corrected chi connectivity index (χ2v) is 7.96. The monoisotopic (exact) mass is 378 g/mol. The molecule has 2 aromatic rings. The summed E-state index contributed by atoms with van der Waals surface area (Å²) in [5.41, 5.74) is 3.47. The van der Waals surface area contributed by atoms with Crippen molar-refractivity contribution in [2.75, 3.05) is 28.6 Å². The molecule has 5 heteroatoms. The summed E-state index contributed by atoms with van der Waals surface area (Å²) in [5.74, 6) is -0.171. The van der Waals surface area contributed by atoms with Crippen molar-refractivity contribution in [3.05, 3.63) is 48.3 Å². The fourth-order valence-corrected chi connectivity index (χ4v) is 4.20. The second kappa shape index (κ2) is 9.09. The van der Waals surface area contributed by atoms with Gasteiger partial charge in [0.25, 0.3) is 5.91 Å². The van der Waals surface area contributed by atoms with Gasteiger partial charge in [0.05, 0.1) is 11.9 Å². The fraction of sp³-hybridized carbons (Fsp3) is 0.478. The van der Waals surface area contributed by atoms with Crippen LogP contribution in [0.25, 0.3) is 0 Å². The molecule has 0 atom stereocenters. The number of anilines is 3. The first-order chi connectivity index (χ1) is 13.8. The Morgan fingerprint density at radius 1 is 0.857 bits per heavy atom. The van der Waals surface area contributed by atoms with Crippen molar-refractivity contribution in [2.45, 2.75) is 57.4 Å². The van der Waals surface area contributed by atoms with E-state index in [0.29, 0.717) is 11.7 Å². The van der Waals surface area contributed by atoms with Gasteiger partial charge in [0.15, 0.2) is 0 Å². The fourth-order valence-electron chi connectivity index (χ4n) is 4.20. The third-order valence-electron chi connectivity index (χ3n) is 5.82. The van der Waals surface area contributed by atoms with Crippen molar-refractivity contribution in [2.24, 2.45) is 0 Å². The quantitative estimate of drug-likeness (QED) is 0.763. The summed E-state index contributed by atoms with van der Waals surface area (Å²) in [6.07, 6.45) is 12.0. The van der Waals surface area contributed by atoms with E-state index in [9.17, 15) is 4.79 Å². The van der Waals surface area contributed by atoms with Crippen molar-refractivity contribution in [3.8, 4) is 0 Å². The number of piperidine rings is 1. The van der Waals surface area contributed by atoms with Crippen LogP contribution in [0.3, 0.4) is 0 Å². The van der Waals surface area contributed by atoms with Crippen molar-refractivity contribution in [1.82, 2.24) is 4.98 Å². The number of pyridine rings is 1. The summed E-state index contributed by atoms with van der Waals surface area (Å²) >= 11 is 0. The van der Waals surface area contributed by atoms with Gasteiger partial charge in [-0.2, -0.15) is 0 Å². The van der Waals surface area contributed by atoms with Crippen LogP contribution in [-0.4, -0.2) is 30.0 Å². The van der Waals surface area contributed by atoms with Gasteiger partial charge in [0.1, 0.15) is 5.69 Å². The van der Waals surface area contributed by atoms with Crippen molar-refractivity contribution in [1.29, 1.82) is 0 Å². The van der Waals surface area contributed by atoms with Crippen molar-refractivity contribution >= 4 is 23.0 Å². The summed E-state index contributed by atoms with van der Waals surface area (Å²) in [6.45, 7) is 2.24. The van der Waals surface area contributed by atoms with E-state index in [4.69, 9.17) is 0 Å². The minimum Gasteiger partial charge on any atom is -0.381 e. The normalized spacial score (nSPS) is 17.9. The molecule has 1 aliphatic heterocycles. The third kappa shape index (κ3) is 4.83. The number of benzene rings is 1. The van der Waals surface area contributed by atoms with Gasteiger partial charge in [-0.15, -0.1) is 0 Å². The Bertz CT molecular complexity index is 760. The Hall–Kier alpha value is -2.56. The molecule has 0 radical (unpaired) electrons. The number of carbonyl (C=O) groups excluding carboxylic acids is 1. The van der Waals surface area contributed by atoms with E-state index in [1.807, 2.05) is 18.2 Å². The second-order valence-electron chi connectivity index (χ2n) is 7.96. The van der Waals surface area contributed by atoms with Gasteiger partial charge in [-0.1, -0.05) is 19.3 Å². The summed E-state index contributed by atoms with van der Waals surface area (Å²) in [7, 11) is 0. The Kier molecular flexibility index (Phi) is 6.10. The van der Waals surface area contributed by atoms with Crippen molar-refractivity contribution < 1.29 is 4.79 Å². The summed E-state index contributed by atoms with van der Waals surface area (Å²) in [6, 6.07) is 12.4. The van der Waals surface area contributed by atoms with E-state index in [2.05, 4.69) is 32.7 Å². The molecule has 2 heterocycles. The van der Waals surface area contributed by atoms with Gasteiger partial charge in [0.2, 0.25) is 0 Å². The molecule has 0 bridgehead atoms. The maximum atomic E-state index is 12.5. The SMILES string of the molecule is O=C(Nc1ccc(N2CCCCC2)cc1)c1ccc(NC2CCCCC2)cn1. The van der Waals surface area contributed by atoms with Gasteiger partial charge in [0, 0.05) is 30.5 Å². The van der Waals surface area contributed by atoms with Crippen LogP contribution in [-0.2, 0) is 0 Å². The molecule has 28 heavy (non-hydrogen) atoms. The van der Waals surface area contributed by atoms with Crippen LogP contribution in [0.5, 0.6) is 0 Å². The molecule has 0 spiro atoms. The molecule has 2 N–H and O–H groups in total. The van der Waals surface area contributed by atoms with Crippen molar-refractivity contribution in [3.63, 3.8) is 0 Å². The lowest BCUT2D eigenvalue weighted by atomic mass is 9.95. The third-order valence-corrected chi connectivity index (χ3v) is 5.82. The van der Waals surface area contributed by atoms with Crippen LogP contribution >= 0.6 is 0 Å². The Morgan fingerprint density at radius 3 is 2.21 bits per heavy atom. The molecule has 4 rings (SSSR count). The molecule has 1 aromatic carbocycles. The number of amides is 1. The lowest BCUT2D eigenvalue weighted by Crippen LogP contribution is -2.29. The van der Waals surface area contributed by atoms with E-state index < -0.39 is 0 Å². The van der Waals surface area contributed by atoms with Gasteiger partial charge in [-0.3, -0.25) is 4.79 Å². The molecule has 1 saturated heterocycles. The number of rotatable bonds is 5. The van der Waals surface area contributed by atoms with Crippen LogP contribution in [0.15, 0.2) is 42.6 Å². The average molecular weight is 379 g/mol. The van der Waals surface area contributed by atoms with E-state index in [0.717, 1.165) is 24.5 Å². The predicted molar refractivity (Wildman–Crippen MR) is 115 cm³/mol. The first-order valence-corrected chi connectivity index (χ1v) is 10.7. The number of aromatic nitrogens is 1. The number of hydrogen-bond donors (Lipinski definition) is 2. The van der Waals surface area contributed by atoms with Crippen LogP contribution in [0.4, 0.5) is 17.1 Å². The molecule has 5 nitrogen and oxygen atoms in total. The van der Waals surface area contributed by atoms with Crippen LogP contribution in [0, 0.1) is 0 Å². The number of hydrogen-bond acceptors (Lipinski definition) is 4. The molecule has 2 aliphatic rings. The first-order valence-electron chi connectivity index (χ1n) is 10.7. The molecule has 2 fully saturated rings. The Balaban J connectivity index is 1.32. The maximum Gasteiger partial charge on any atom is 0.274 e. The standard InChI is InChI=1S/C23H30N4O/c28-23(22-14-11-20(17-24-22)25-18-7-3-1-4-8-18)26-19-9-12-21(13-10-19)27-15-5-2-6-16-27/h9-14,17-18,25H,1-8,15-16H2,(H,26,28). The Morgan fingerprint density at radius 2 is 1.54 bits per heavy atom. The zero-order valence-electron chi connectivity index (χ0n) is 16.5. The summed E-state index contributed by atoms with van der Waals surface area (Å²) in [5, 5.41) is 6.48. The lowest BCUT2D eigenvalue weighted by molar-refractivity contribution is 0.102. The molecular formula is C23H30N4O. The Labute approximate surface area is 167 Å². The zero-order chi connectivity index (χ0) is 19.2. The highest BCUT2D eigenvalue weighted by atomic mass is 16.1. The number of nitrogens with zero attached hydrogens (tertiary/aromatic N) is 2. The zero-order valence-corrected chi connectivity index (χ0v) is 16.5. The maximum absolute atomic E-state index is 12.5. The topological polar surface area (TPSA) is 57.3 Å².